The summed E-state index contributed by atoms with van der Waals surface area (Å²) in [5, 5.41) is 0. The van der Waals surface area contributed by atoms with E-state index in [1.165, 1.54) is 4.88 Å². The summed E-state index contributed by atoms with van der Waals surface area (Å²) in [5.74, 6) is 2.28. The van der Waals surface area contributed by atoms with E-state index in [-0.39, 0.29) is 0 Å². The van der Waals surface area contributed by atoms with Gasteiger partial charge in [-0.1, -0.05) is 0 Å². The highest BCUT2D eigenvalue weighted by atomic mass is 35.5. The predicted molar refractivity (Wildman–Crippen MR) is 63.6 cm³/mol. The Morgan fingerprint density at radius 3 is 3.00 bits per heavy atom. The number of aryl methyl sites for hydroxylation is 2. The van der Waals surface area contributed by atoms with Crippen LogP contribution >= 0.6 is 22.9 Å². The minimum Gasteiger partial charge on any atom is -0.440 e. The van der Waals surface area contributed by atoms with Crippen LogP contribution in [0.2, 0.25) is 0 Å². The van der Waals surface area contributed by atoms with Crippen molar-refractivity contribution in [2.24, 2.45) is 0 Å². The Morgan fingerprint density at radius 1 is 1.47 bits per heavy atom. The van der Waals surface area contributed by atoms with E-state index in [4.69, 9.17) is 16.0 Å². The monoisotopic (exact) mass is 241 g/mol. The number of hydrogen-bond acceptors (Lipinski definition) is 3. The summed E-state index contributed by atoms with van der Waals surface area (Å²) in [4.78, 5) is 6.64. The summed E-state index contributed by atoms with van der Waals surface area (Å²) < 4.78 is 5.63. The number of nitrogens with zero attached hydrogens (tertiary/aromatic N) is 1. The fourth-order valence-electron chi connectivity index (χ4n) is 1.32. The molecule has 4 heteroatoms. The lowest BCUT2D eigenvalue weighted by atomic mass is 10.3. The Labute approximate surface area is 97.9 Å². The van der Waals surface area contributed by atoms with E-state index in [1.54, 1.807) is 17.5 Å². The highest BCUT2D eigenvalue weighted by Crippen LogP contribution is 2.28. The molecule has 0 atom stereocenters. The molecular formula is C11H12ClNOS. The molecule has 0 unspecified atom stereocenters. The van der Waals surface area contributed by atoms with Crippen molar-refractivity contribution in [1.29, 1.82) is 0 Å². The topological polar surface area (TPSA) is 26.0 Å². The van der Waals surface area contributed by atoms with Gasteiger partial charge in [0, 0.05) is 17.2 Å². The van der Waals surface area contributed by atoms with Gasteiger partial charge in [-0.05, 0) is 25.5 Å². The van der Waals surface area contributed by atoms with Gasteiger partial charge in [0.1, 0.15) is 0 Å². The van der Waals surface area contributed by atoms with Crippen LogP contribution in [-0.4, -0.2) is 10.9 Å². The summed E-state index contributed by atoms with van der Waals surface area (Å²) in [6.45, 7) is 2.08. The number of hydrogen-bond donors (Lipinski definition) is 0. The number of oxazole rings is 1. The van der Waals surface area contributed by atoms with Gasteiger partial charge in [0.05, 0.1) is 11.1 Å². The lowest BCUT2D eigenvalue weighted by molar-refractivity contribution is 0.504. The van der Waals surface area contributed by atoms with E-state index in [0.29, 0.717) is 5.88 Å². The molecule has 2 nitrogen and oxygen atoms in total. The molecule has 0 bridgehead atoms. The third kappa shape index (κ3) is 2.61. The molecule has 0 saturated heterocycles. The fourth-order valence-corrected chi connectivity index (χ4v) is 2.27. The van der Waals surface area contributed by atoms with Crippen LogP contribution in [0.4, 0.5) is 0 Å². The summed E-state index contributed by atoms with van der Waals surface area (Å²) in [6.07, 6.45) is 3.51. The van der Waals surface area contributed by atoms with Crippen LogP contribution in [0.1, 0.15) is 17.2 Å². The molecule has 2 aromatic rings. The van der Waals surface area contributed by atoms with Gasteiger partial charge in [0.15, 0.2) is 11.7 Å². The Kier molecular flexibility index (Phi) is 3.44. The largest absolute Gasteiger partial charge is 0.440 e. The zero-order valence-electron chi connectivity index (χ0n) is 8.50. The van der Waals surface area contributed by atoms with Crippen molar-refractivity contribution in [2.45, 2.75) is 19.8 Å². The van der Waals surface area contributed by atoms with E-state index >= 15 is 0 Å². The molecule has 0 saturated carbocycles. The molecule has 2 aromatic heterocycles. The summed E-state index contributed by atoms with van der Waals surface area (Å²) >= 11 is 7.33. The second kappa shape index (κ2) is 4.81. The molecule has 2 heterocycles. The van der Waals surface area contributed by atoms with Crippen LogP contribution in [0, 0.1) is 6.92 Å². The van der Waals surface area contributed by atoms with Crippen LogP contribution in [0.15, 0.2) is 22.7 Å². The molecular weight excluding hydrogens is 230 g/mol. The molecule has 0 amide bonds. The highest BCUT2D eigenvalue weighted by molar-refractivity contribution is 7.15. The van der Waals surface area contributed by atoms with Crippen molar-refractivity contribution in [1.82, 2.24) is 4.98 Å². The van der Waals surface area contributed by atoms with Crippen molar-refractivity contribution in [3.63, 3.8) is 0 Å². The summed E-state index contributed by atoms with van der Waals surface area (Å²) in [6, 6.07) is 4.15. The van der Waals surface area contributed by atoms with E-state index < -0.39 is 0 Å². The average Bonchev–Trinajstić information content (AvgIpc) is 2.83. The van der Waals surface area contributed by atoms with Crippen LogP contribution in [0.5, 0.6) is 0 Å². The maximum absolute atomic E-state index is 5.63. The molecule has 0 fully saturated rings. The minimum absolute atomic E-state index is 0.649. The van der Waals surface area contributed by atoms with Crippen LogP contribution in [0.25, 0.3) is 10.6 Å². The van der Waals surface area contributed by atoms with Crippen molar-refractivity contribution in [3.8, 4) is 10.6 Å². The van der Waals surface area contributed by atoms with Gasteiger partial charge >= 0.3 is 0 Å². The maximum Gasteiger partial charge on any atom is 0.194 e. The molecule has 15 heavy (non-hydrogen) atoms. The molecule has 0 aliphatic heterocycles. The molecule has 0 radical (unpaired) electrons. The first-order chi connectivity index (χ1) is 7.29. The maximum atomic E-state index is 5.63. The Bertz CT molecular complexity index is 435. The summed E-state index contributed by atoms with van der Waals surface area (Å²) in [5.41, 5.74) is 0. The molecule has 0 N–H and O–H groups in total. The molecule has 0 aromatic carbocycles. The zero-order valence-corrected chi connectivity index (χ0v) is 10.1. The number of halogens is 1. The second-order valence-electron chi connectivity index (χ2n) is 3.32. The van der Waals surface area contributed by atoms with E-state index in [9.17, 15) is 0 Å². The first kappa shape index (κ1) is 10.7. The van der Waals surface area contributed by atoms with Crippen molar-refractivity contribution in [2.75, 3.05) is 5.88 Å². The first-order valence-corrected chi connectivity index (χ1v) is 6.22. The van der Waals surface area contributed by atoms with Crippen molar-refractivity contribution in [3.05, 3.63) is 29.1 Å². The molecule has 0 aliphatic carbocycles. The third-order valence-corrected chi connectivity index (χ3v) is 3.34. The van der Waals surface area contributed by atoms with Gasteiger partial charge in [0.2, 0.25) is 0 Å². The van der Waals surface area contributed by atoms with Gasteiger partial charge < -0.3 is 4.42 Å². The molecule has 0 aliphatic rings. The van der Waals surface area contributed by atoms with Gasteiger partial charge in [-0.3, -0.25) is 0 Å². The van der Waals surface area contributed by atoms with Crippen molar-refractivity contribution >= 4 is 22.9 Å². The average molecular weight is 242 g/mol. The van der Waals surface area contributed by atoms with Crippen LogP contribution in [-0.2, 0) is 6.42 Å². The van der Waals surface area contributed by atoms with Crippen molar-refractivity contribution < 1.29 is 4.42 Å². The van der Waals surface area contributed by atoms with Gasteiger partial charge in [-0.15, -0.1) is 22.9 Å². The Balaban J connectivity index is 2.13. The number of thiophene rings is 1. The summed E-state index contributed by atoms with van der Waals surface area (Å²) in [7, 11) is 0. The number of aromatic nitrogens is 1. The quantitative estimate of drug-likeness (QED) is 0.760. The highest BCUT2D eigenvalue weighted by Gasteiger charge is 2.07. The fraction of sp³-hybridized carbons (Fsp3) is 0.364. The predicted octanol–water partition coefficient (Wildman–Crippen LogP) is 3.88. The van der Waals surface area contributed by atoms with Crippen LogP contribution in [0.3, 0.4) is 0 Å². The molecule has 80 valence electrons. The minimum atomic E-state index is 0.649. The van der Waals surface area contributed by atoms with E-state index in [1.807, 2.05) is 0 Å². The van der Waals surface area contributed by atoms with Gasteiger partial charge in [-0.25, -0.2) is 4.98 Å². The SMILES string of the molecule is Cc1ccc(-c2cnc(CCCCl)o2)s1. The number of alkyl halides is 1. The lowest BCUT2D eigenvalue weighted by Crippen LogP contribution is -1.84. The molecule has 2 rings (SSSR count). The van der Waals surface area contributed by atoms with Gasteiger partial charge in [-0.2, -0.15) is 0 Å². The lowest BCUT2D eigenvalue weighted by Gasteiger charge is -1.91. The normalized spacial score (nSPS) is 10.8. The van der Waals surface area contributed by atoms with Gasteiger partial charge in [0.25, 0.3) is 0 Å². The number of rotatable bonds is 4. The Hall–Kier alpha value is -0.800. The van der Waals surface area contributed by atoms with Crippen LogP contribution < -0.4 is 0 Å². The second-order valence-corrected chi connectivity index (χ2v) is 4.99. The zero-order chi connectivity index (χ0) is 10.7. The third-order valence-electron chi connectivity index (χ3n) is 2.06. The van der Waals surface area contributed by atoms with E-state index in [0.717, 1.165) is 29.4 Å². The Morgan fingerprint density at radius 2 is 2.33 bits per heavy atom. The smallest absolute Gasteiger partial charge is 0.194 e. The standard InChI is InChI=1S/C11H12ClNOS/c1-8-4-5-10(15-8)9-7-13-11(14-9)3-2-6-12/h4-5,7H,2-3,6H2,1H3. The molecule has 0 spiro atoms. The first-order valence-electron chi connectivity index (χ1n) is 4.87. The van der Waals surface area contributed by atoms with E-state index in [2.05, 4.69) is 24.0 Å².